The summed E-state index contributed by atoms with van der Waals surface area (Å²) in [6.07, 6.45) is -0.933. The van der Waals surface area contributed by atoms with Crippen LogP contribution in [-0.2, 0) is 4.79 Å². The van der Waals surface area contributed by atoms with Crippen LogP contribution in [0.2, 0.25) is 5.02 Å². The van der Waals surface area contributed by atoms with Crippen molar-refractivity contribution in [2.45, 2.75) is 23.2 Å². The highest BCUT2D eigenvalue weighted by Gasteiger charge is 2.17. The third-order valence-electron chi connectivity index (χ3n) is 3.45. The topological polar surface area (TPSA) is 92.5 Å². The summed E-state index contributed by atoms with van der Waals surface area (Å²) in [5.41, 5.74) is 0.455. The predicted molar refractivity (Wildman–Crippen MR) is 97.8 cm³/mol. The molecule has 0 fully saturated rings. The summed E-state index contributed by atoms with van der Waals surface area (Å²) in [4.78, 5) is 23.2. The van der Waals surface area contributed by atoms with Crippen LogP contribution in [0.1, 0.15) is 18.6 Å². The lowest BCUT2D eigenvalue weighted by molar-refractivity contribution is -0.384. The van der Waals surface area contributed by atoms with Gasteiger partial charge >= 0.3 is 0 Å². The molecule has 0 spiro atoms. The molecule has 6 nitrogen and oxygen atoms in total. The molecule has 132 valence electrons. The fraction of sp³-hybridized carbons (Fsp3) is 0.235. The second kappa shape index (κ2) is 8.84. The monoisotopic (exact) mass is 380 g/mol. The second-order valence-electron chi connectivity index (χ2n) is 5.32. The van der Waals surface area contributed by atoms with E-state index in [1.165, 1.54) is 36.0 Å². The van der Waals surface area contributed by atoms with Gasteiger partial charge < -0.3 is 10.4 Å². The molecule has 0 saturated carbocycles. The van der Waals surface area contributed by atoms with Crippen LogP contribution in [0.4, 0.5) is 5.69 Å². The fourth-order valence-electron chi connectivity index (χ4n) is 2.05. The van der Waals surface area contributed by atoms with E-state index in [1.54, 1.807) is 19.1 Å². The molecule has 0 aliphatic carbocycles. The minimum atomic E-state index is -0.933. The molecule has 1 amide bonds. The van der Waals surface area contributed by atoms with Crippen LogP contribution < -0.4 is 5.32 Å². The van der Waals surface area contributed by atoms with Gasteiger partial charge in [-0.2, -0.15) is 0 Å². The summed E-state index contributed by atoms with van der Waals surface area (Å²) in [6.45, 7) is 1.80. The average molecular weight is 381 g/mol. The summed E-state index contributed by atoms with van der Waals surface area (Å²) in [5, 5.41) is 23.7. The number of thioether (sulfide) groups is 1. The molecule has 0 aromatic heterocycles. The molecular weight excluding hydrogens is 364 g/mol. The molecule has 2 rings (SSSR count). The van der Waals surface area contributed by atoms with Gasteiger partial charge in [-0.05, 0) is 48.9 Å². The molecule has 0 bridgehead atoms. The van der Waals surface area contributed by atoms with Crippen LogP contribution in [0.15, 0.2) is 53.4 Å². The zero-order valence-electron chi connectivity index (χ0n) is 13.4. The number of nitro groups is 1. The second-order valence-corrected chi connectivity index (χ2v) is 7.17. The number of nitro benzene ring substituents is 1. The molecule has 0 unspecified atom stereocenters. The van der Waals surface area contributed by atoms with Crippen LogP contribution in [-0.4, -0.2) is 27.7 Å². The first-order valence-electron chi connectivity index (χ1n) is 7.49. The Morgan fingerprint density at radius 3 is 2.40 bits per heavy atom. The Kier molecular flexibility index (Phi) is 6.81. The molecular formula is C17H17ClN2O4S. The number of rotatable bonds is 7. The van der Waals surface area contributed by atoms with Gasteiger partial charge in [0.2, 0.25) is 5.91 Å². The van der Waals surface area contributed by atoms with Gasteiger partial charge in [0.15, 0.2) is 0 Å². The number of carbonyl (C=O) groups excluding carboxylic acids is 1. The van der Waals surface area contributed by atoms with Crippen molar-refractivity contribution in [3.05, 3.63) is 69.2 Å². The molecule has 0 heterocycles. The minimum absolute atomic E-state index is 0.0299. The van der Waals surface area contributed by atoms with Crippen LogP contribution in [0.5, 0.6) is 0 Å². The van der Waals surface area contributed by atoms with E-state index in [0.29, 0.717) is 10.6 Å². The third kappa shape index (κ3) is 5.74. The highest BCUT2D eigenvalue weighted by molar-refractivity contribution is 8.00. The third-order valence-corrected chi connectivity index (χ3v) is 4.82. The van der Waals surface area contributed by atoms with E-state index in [0.717, 1.165) is 4.90 Å². The predicted octanol–water partition coefficient (Wildman–Crippen LogP) is 3.58. The summed E-state index contributed by atoms with van der Waals surface area (Å²) >= 11 is 7.21. The number of aliphatic hydroxyl groups is 1. The van der Waals surface area contributed by atoms with Crippen LogP contribution in [0.25, 0.3) is 0 Å². The highest BCUT2D eigenvalue weighted by atomic mass is 35.5. The van der Waals surface area contributed by atoms with Crippen molar-refractivity contribution in [2.75, 3.05) is 6.54 Å². The number of benzene rings is 2. The van der Waals surface area contributed by atoms with Crippen molar-refractivity contribution in [3.8, 4) is 0 Å². The Balaban J connectivity index is 1.85. The van der Waals surface area contributed by atoms with Crippen molar-refractivity contribution in [1.82, 2.24) is 5.32 Å². The smallest absolute Gasteiger partial charge is 0.269 e. The highest BCUT2D eigenvalue weighted by Crippen LogP contribution is 2.25. The minimum Gasteiger partial charge on any atom is -0.387 e. The first-order chi connectivity index (χ1) is 11.9. The van der Waals surface area contributed by atoms with E-state index in [4.69, 9.17) is 11.6 Å². The van der Waals surface area contributed by atoms with Gasteiger partial charge in [-0.3, -0.25) is 14.9 Å². The molecule has 0 radical (unpaired) electrons. The summed E-state index contributed by atoms with van der Waals surface area (Å²) in [5.74, 6) is -0.207. The van der Waals surface area contributed by atoms with Gasteiger partial charge in [0.25, 0.3) is 5.69 Å². The maximum absolute atomic E-state index is 12.1. The van der Waals surface area contributed by atoms with E-state index < -0.39 is 11.0 Å². The van der Waals surface area contributed by atoms with Crippen LogP contribution in [0, 0.1) is 10.1 Å². The summed E-state index contributed by atoms with van der Waals surface area (Å²) < 4.78 is 0. The molecule has 25 heavy (non-hydrogen) atoms. The first-order valence-corrected chi connectivity index (χ1v) is 8.75. The fourth-order valence-corrected chi connectivity index (χ4v) is 3.07. The van der Waals surface area contributed by atoms with Crippen molar-refractivity contribution in [3.63, 3.8) is 0 Å². The zero-order chi connectivity index (χ0) is 18.4. The number of nitrogens with zero attached hydrogens (tertiary/aromatic N) is 1. The van der Waals surface area contributed by atoms with Crippen molar-refractivity contribution in [1.29, 1.82) is 0 Å². The van der Waals surface area contributed by atoms with Gasteiger partial charge in [0.1, 0.15) is 0 Å². The number of nitrogens with one attached hydrogen (secondary N) is 1. The molecule has 0 aliphatic heterocycles. The number of halogens is 1. The van der Waals surface area contributed by atoms with Crippen LogP contribution in [0.3, 0.4) is 0 Å². The first kappa shape index (κ1) is 19.2. The number of hydrogen-bond donors (Lipinski definition) is 2. The lowest BCUT2D eigenvalue weighted by Crippen LogP contribution is -2.34. The van der Waals surface area contributed by atoms with Crippen molar-refractivity contribution in [2.24, 2.45) is 0 Å². The van der Waals surface area contributed by atoms with Gasteiger partial charge in [-0.25, -0.2) is 0 Å². The lowest BCUT2D eigenvalue weighted by Gasteiger charge is -2.15. The number of aliphatic hydroxyl groups excluding tert-OH is 1. The Bertz CT molecular complexity index is 737. The summed E-state index contributed by atoms with van der Waals surface area (Å²) in [6, 6.07) is 12.8. The zero-order valence-corrected chi connectivity index (χ0v) is 15.0. The van der Waals surface area contributed by atoms with Crippen LogP contribution >= 0.6 is 23.4 Å². The Morgan fingerprint density at radius 1 is 1.24 bits per heavy atom. The average Bonchev–Trinajstić information content (AvgIpc) is 2.61. The number of amides is 1. The van der Waals surface area contributed by atoms with Crippen molar-refractivity contribution >= 4 is 35.0 Å². The Labute approximate surface area is 154 Å². The molecule has 2 N–H and O–H groups in total. The maximum Gasteiger partial charge on any atom is 0.269 e. The van der Waals surface area contributed by atoms with Gasteiger partial charge in [-0.15, -0.1) is 11.8 Å². The SMILES string of the molecule is C[C@H](Sc1ccc(Cl)cc1)C(=O)NC[C@@H](O)c1ccc([N+](=O)[O-])cc1. The normalized spacial score (nSPS) is 13.1. The quantitative estimate of drug-likeness (QED) is 0.435. The Morgan fingerprint density at radius 2 is 1.84 bits per heavy atom. The summed E-state index contributed by atoms with van der Waals surface area (Å²) in [7, 11) is 0. The number of non-ortho nitro benzene ring substituents is 1. The molecule has 2 aromatic rings. The number of hydrogen-bond acceptors (Lipinski definition) is 5. The molecule has 2 atom stereocenters. The van der Waals surface area contributed by atoms with Crippen molar-refractivity contribution < 1.29 is 14.8 Å². The standard InChI is InChI=1S/C17H17ClN2O4S/c1-11(25-15-8-4-13(18)5-9-15)17(22)19-10-16(21)12-2-6-14(7-3-12)20(23)24/h2-9,11,16,21H,10H2,1H3,(H,19,22)/t11-,16+/m0/s1. The van der Waals surface area contributed by atoms with E-state index in [-0.39, 0.29) is 23.4 Å². The van der Waals surface area contributed by atoms with Gasteiger partial charge in [0, 0.05) is 28.6 Å². The van der Waals surface area contributed by atoms with E-state index in [9.17, 15) is 20.0 Å². The van der Waals surface area contributed by atoms with Gasteiger partial charge in [-0.1, -0.05) is 11.6 Å². The van der Waals surface area contributed by atoms with E-state index in [1.807, 2.05) is 12.1 Å². The van der Waals surface area contributed by atoms with E-state index >= 15 is 0 Å². The Hall–Kier alpha value is -2.09. The largest absolute Gasteiger partial charge is 0.387 e. The molecule has 0 saturated heterocycles. The van der Waals surface area contributed by atoms with Gasteiger partial charge in [0.05, 0.1) is 16.3 Å². The maximum atomic E-state index is 12.1. The number of carbonyl (C=O) groups is 1. The van der Waals surface area contributed by atoms with E-state index in [2.05, 4.69) is 5.32 Å². The molecule has 8 heteroatoms. The molecule has 0 aliphatic rings. The molecule has 2 aromatic carbocycles. The lowest BCUT2D eigenvalue weighted by atomic mass is 10.1.